The molecule has 0 unspecified atom stereocenters. The van der Waals surface area contributed by atoms with E-state index in [1.165, 1.54) is 12.1 Å². The molecule has 112 valence electrons. The van der Waals surface area contributed by atoms with E-state index in [0.29, 0.717) is 16.7 Å². The van der Waals surface area contributed by atoms with Gasteiger partial charge in [-0.1, -0.05) is 36.4 Å². The zero-order valence-electron chi connectivity index (χ0n) is 11.5. The van der Waals surface area contributed by atoms with Gasteiger partial charge in [0.2, 0.25) is 0 Å². The van der Waals surface area contributed by atoms with Gasteiger partial charge in [-0.15, -0.1) is 0 Å². The number of Topliss-reactive ketones (excluding diaryl/α,β-unsaturated/α-hetero) is 1. The van der Waals surface area contributed by atoms with Crippen molar-refractivity contribution in [3.63, 3.8) is 0 Å². The molecule has 0 atom stereocenters. The standard InChI is InChI=1S/C17H12F3NO/c18-17(19,20)15-7-3-4-12(8-15)9-16(22)10-13-5-1-2-6-14(13)11-21/h1-8H,9-10H2. The molecule has 0 amide bonds. The molecule has 2 aromatic rings. The Morgan fingerprint density at radius 1 is 1.05 bits per heavy atom. The van der Waals surface area contributed by atoms with Crippen molar-refractivity contribution >= 4 is 5.78 Å². The maximum atomic E-state index is 12.6. The first-order valence-electron chi connectivity index (χ1n) is 6.56. The highest BCUT2D eigenvalue weighted by molar-refractivity contribution is 5.83. The summed E-state index contributed by atoms with van der Waals surface area (Å²) in [7, 11) is 0. The van der Waals surface area contributed by atoms with E-state index < -0.39 is 11.7 Å². The summed E-state index contributed by atoms with van der Waals surface area (Å²) in [6, 6.07) is 13.4. The van der Waals surface area contributed by atoms with Crippen LogP contribution in [0.2, 0.25) is 0 Å². The molecule has 0 aromatic heterocycles. The van der Waals surface area contributed by atoms with Crippen LogP contribution < -0.4 is 0 Å². The average molecular weight is 303 g/mol. The third-order valence-electron chi connectivity index (χ3n) is 3.18. The van der Waals surface area contributed by atoms with E-state index in [1.54, 1.807) is 24.3 Å². The van der Waals surface area contributed by atoms with E-state index in [0.717, 1.165) is 12.1 Å². The monoisotopic (exact) mass is 303 g/mol. The Morgan fingerprint density at radius 2 is 1.77 bits per heavy atom. The predicted octanol–water partition coefficient (Wildman–Crippen LogP) is 3.93. The molecule has 0 saturated carbocycles. The van der Waals surface area contributed by atoms with Crippen molar-refractivity contribution in [1.29, 1.82) is 5.26 Å². The van der Waals surface area contributed by atoms with Gasteiger partial charge in [0.25, 0.3) is 0 Å². The SMILES string of the molecule is N#Cc1ccccc1CC(=O)Cc1cccc(C(F)(F)F)c1. The molecule has 5 heteroatoms. The van der Waals surface area contributed by atoms with Crippen LogP contribution in [0.4, 0.5) is 13.2 Å². The number of ketones is 1. The van der Waals surface area contributed by atoms with Crippen LogP contribution in [0, 0.1) is 11.3 Å². The highest BCUT2D eigenvalue weighted by Gasteiger charge is 2.30. The van der Waals surface area contributed by atoms with Gasteiger partial charge < -0.3 is 0 Å². The Balaban J connectivity index is 2.12. The molecular formula is C17H12F3NO. The Hall–Kier alpha value is -2.61. The van der Waals surface area contributed by atoms with E-state index in [9.17, 15) is 18.0 Å². The molecule has 2 aromatic carbocycles. The lowest BCUT2D eigenvalue weighted by atomic mass is 9.98. The molecule has 0 fully saturated rings. The second-order valence-corrected chi connectivity index (χ2v) is 4.86. The number of carbonyl (C=O) groups is 1. The van der Waals surface area contributed by atoms with Crippen molar-refractivity contribution in [3.8, 4) is 6.07 Å². The van der Waals surface area contributed by atoms with Crippen molar-refractivity contribution in [2.24, 2.45) is 0 Å². The van der Waals surface area contributed by atoms with Crippen molar-refractivity contribution < 1.29 is 18.0 Å². The molecule has 0 bridgehead atoms. The normalized spacial score (nSPS) is 11.0. The van der Waals surface area contributed by atoms with Crippen LogP contribution in [0.25, 0.3) is 0 Å². The highest BCUT2D eigenvalue weighted by Crippen LogP contribution is 2.29. The molecule has 0 aliphatic heterocycles. The number of nitrogens with zero attached hydrogens (tertiary/aromatic N) is 1. The second kappa shape index (κ2) is 6.44. The molecule has 0 aliphatic carbocycles. The molecule has 2 nitrogen and oxygen atoms in total. The number of carbonyl (C=O) groups excluding carboxylic acids is 1. The van der Waals surface area contributed by atoms with Crippen molar-refractivity contribution in [3.05, 3.63) is 70.8 Å². The van der Waals surface area contributed by atoms with E-state index in [1.807, 2.05) is 6.07 Å². The van der Waals surface area contributed by atoms with E-state index in [4.69, 9.17) is 5.26 Å². The molecule has 0 saturated heterocycles. The fourth-order valence-corrected chi connectivity index (χ4v) is 2.14. The Labute approximate surface area is 125 Å². The van der Waals surface area contributed by atoms with Crippen LogP contribution >= 0.6 is 0 Å². The smallest absolute Gasteiger partial charge is 0.299 e. The van der Waals surface area contributed by atoms with Crippen molar-refractivity contribution in [2.75, 3.05) is 0 Å². The lowest BCUT2D eigenvalue weighted by Crippen LogP contribution is -2.10. The first kappa shape index (κ1) is 15.8. The lowest BCUT2D eigenvalue weighted by Gasteiger charge is -2.08. The number of rotatable bonds is 4. The molecule has 0 spiro atoms. The second-order valence-electron chi connectivity index (χ2n) is 4.86. The minimum Gasteiger partial charge on any atom is -0.299 e. The predicted molar refractivity (Wildman–Crippen MR) is 75.0 cm³/mol. The van der Waals surface area contributed by atoms with Gasteiger partial charge in [0.1, 0.15) is 5.78 Å². The molecule has 0 N–H and O–H groups in total. The van der Waals surface area contributed by atoms with Crippen LogP contribution in [-0.2, 0) is 23.8 Å². The summed E-state index contributed by atoms with van der Waals surface area (Å²) in [6.07, 6.45) is -4.49. The quantitative estimate of drug-likeness (QED) is 0.858. The van der Waals surface area contributed by atoms with Crippen molar-refractivity contribution in [1.82, 2.24) is 0 Å². The number of alkyl halides is 3. The van der Waals surface area contributed by atoms with E-state index in [-0.39, 0.29) is 18.6 Å². The average Bonchev–Trinajstić information content (AvgIpc) is 2.47. The van der Waals surface area contributed by atoms with E-state index in [2.05, 4.69) is 0 Å². The van der Waals surface area contributed by atoms with Gasteiger partial charge in [-0.25, -0.2) is 0 Å². The summed E-state index contributed by atoms with van der Waals surface area (Å²) >= 11 is 0. The molecule has 2 rings (SSSR count). The van der Waals surface area contributed by atoms with E-state index >= 15 is 0 Å². The Morgan fingerprint density at radius 3 is 2.45 bits per heavy atom. The maximum absolute atomic E-state index is 12.6. The lowest BCUT2D eigenvalue weighted by molar-refractivity contribution is -0.137. The molecule has 0 heterocycles. The number of halogens is 3. The van der Waals surface area contributed by atoms with Crippen LogP contribution in [-0.4, -0.2) is 5.78 Å². The van der Waals surface area contributed by atoms with Crippen LogP contribution in [0.15, 0.2) is 48.5 Å². The number of nitriles is 1. The largest absolute Gasteiger partial charge is 0.416 e. The first-order valence-corrected chi connectivity index (χ1v) is 6.56. The molecule has 0 radical (unpaired) electrons. The third-order valence-corrected chi connectivity index (χ3v) is 3.18. The Bertz CT molecular complexity index is 729. The summed E-state index contributed by atoms with van der Waals surface area (Å²) in [6.45, 7) is 0. The molecular weight excluding hydrogens is 291 g/mol. The topological polar surface area (TPSA) is 40.9 Å². The van der Waals surface area contributed by atoms with Crippen molar-refractivity contribution in [2.45, 2.75) is 19.0 Å². The third kappa shape index (κ3) is 3.95. The maximum Gasteiger partial charge on any atom is 0.416 e. The minimum atomic E-state index is -4.42. The van der Waals surface area contributed by atoms with Gasteiger partial charge in [-0.05, 0) is 23.3 Å². The summed E-state index contributed by atoms with van der Waals surface area (Å²) < 4.78 is 37.9. The van der Waals surface area contributed by atoms with Gasteiger partial charge in [0.15, 0.2) is 0 Å². The summed E-state index contributed by atoms with van der Waals surface area (Å²) in [4.78, 5) is 12.0. The fraction of sp³-hybridized carbons (Fsp3) is 0.176. The number of hydrogen-bond acceptors (Lipinski definition) is 2. The Kier molecular flexibility index (Phi) is 4.62. The van der Waals surface area contributed by atoms with Crippen LogP contribution in [0.5, 0.6) is 0 Å². The number of hydrogen-bond donors (Lipinski definition) is 0. The highest BCUT2D eigenvalue weighted by atomic mass is 19.4. The van der Waals surface area contributed by atoms with Gasteiger partial charge in [0.05, 0.1) is 17.2 Å². The van der Waals surface area contributed by atoms with Gasteiger partial charge >= 0.3 is 6.18 Å². The zero-order valence-corrected chi connectivity index (χ0v) is 11.5. The van der Waals surface area contributed by atoms with Gasteiger partial charge in [0, 0.05) is 12.8 Å². The van der Waals surface area contributed by atoms with Gasteiger partial charge in [-0.3, -0.25) is 4.79 Å². The fourth-order valence-electron chi connectivity index (χ4n) is 2.14. The summed E-state index contributed by atoms with van der Waals surface area (Å²) in [5.41, 5.74) is 0.534. The summed E-state index contributed by atoms with van der Waals surface area (Å²) in [5.74, 6) is -0.234. The minimum absolute atomic E-state index is 0.0278. The van der Waals surface area contributed by atoms with Crippen LogP contribution in [0.1, 0.15) is 22.3 Å². The molecule has 0 aliphatic rings. The zero-order chi connectivity index (χ0) is 16.2. The summed E-state index contributed by atoms with van der Waals surface area (Å²) in [5, 5.41) is 8.96. The first-order chi connectivity index (χ1) is 10.4. The number of benzene rings is 2. The van der Waals surface area contributed by atoms with Gasteiger partial charge in [-0.2, -0.15) is 18.4 Å². The van der Waals surface area contributed by atoms with Crippen LogP contribution in [0.3, 0.4) is 0 Å². The molecule has 22 heavy (non-hydrogen) atoms.